The Morgan fingerprint density at radius 3 is 2.51 bits per heavy atom. The van der Waals surface area contributed by atoms with Gasteiger partial charge in [-0.3, -0.25) is 4.79 Å². The maximum atomic E-state index is 13.0. The van der Waals surface area contributed by atoms with Gasteiger partial charge >= 0.3 is 0 Å². The van der Waals surface area contributed by atoms with Gasteiger partial charge in [-0.15, -0.1) is 0 Å². The lowest BCUT2D eigenvalue weighted by Crippen LogP contribution is -2.13. The number of aliphatic hydroxyl groups is 2. The minimum absolute atomic E-state index is 0.00231. The van der Waals surface area contributed by atoms with Gasteiger partial charge in [-0.05, 0) is 69.4 Å². The van der Waals surface area contributed by atoms with E-state index in [-0.39, 0.29) is 24.4 Å². The van der Waals surface area contributed by atoms with E-state index < -0.39 is 6.10 Å². The van der Waals surface area contributed by atoms with Gasteiger partial charge in [0.05, 0.1) is 22.9 Å². The van der Waals surface area contributed by atoms with E-state index in [1.54, 1.807) is 25.1 Å². The number of carbonyl (C=O) groups excluding carboxylic acids is 1. The lowest BCUT2D eigenvalue weighted by molar-refractivity contribution is 0.0953. The zero-order valence-electron chi connectivity index (χ0n) is 21.4. The molecule has 2 aromatic carbocycles. The van der Waals surface area contributed by atoms with Crippen LogP contribution >= 0.6 is 11.6 Å². The fourth-order valence-electron chi connectivity index (χ4n) is 4.51. The number of carbonyl (C=O) groups is 1. The number of fused-ring (bicyclic) bond motifs is 1. The molecule has 0 bridgehead atoms. The molecule has 6 nitrogen and oxygen atoms in total. The molecule has 7 heteroatoms. The van der Waals surface area contributed by atoms with Crippen LogP contribution in [0.2, 0.25) is 5.02 Å². The number of hydrogen-bond donors (Lipinski definition) is 2. The second-order valence-corrected chi connectivity index (χ2v) is 10.1. The molecule has 2 atom stereocenters. The second kappa shape index (κ2) is 11.9. The first-order valence-electron chi connectivity index (χ1n) is 12.6. The first-order valence-corrected chi connectivity index (χ1v) is 13.0. The smallest absolute Gasteiger partial charge is 0.163 e. The van der Waals surface area contributed by atoms with E-state index in [2.05, 4.69) is 0 Å². The number of nitrogens with zero attached hydrogens (tertiary/aromatic N) is 2. The van der Waals surface area contributed by atoms with Crippen LogP contribution in [0.15, 0.2) is 67.0 Å². The predicted octanol–water partition coefficient (Wildman–Crippen LogP) is 6.31. The largest absolute Gasteiger partial charge is 0.489 e. The molecule has 2 aromatic heterocycles. The Labute approximate surface area is 222 Å². The molecule has 37 heavy (non-hydrogen) atoms. The monoisotopic (exact) mass is 520 g/mol. The van der Waals surface area contributed by atoms with Crippen LogP contribution in [-0.4, -0.2) is 38.1 Å². The van der Waals surface area contributed by atoms with Crippen molar-refractivity contribution in [1.82, 2.24) is 9.38 Å². The molecule has 1 unspecified atom stereocenters. The molecule has 4 rings (SSSR count). The van der Waals surface area contributed by atoms with Crippen molar-refractivity contribution >= 4 is 23.0 Å². The standard InChI is InChI=1S/C30H33ClN2O4/c1-19(2)37-29-11-10-24(17-26(29)31)28(36)16-22(12-14-34)15-21-6-8-23(9-7-21)27-18-33-13-4-5-25(20(3)35)30(33)32-27/h4-11,13,17-20,22,34-35H,12,14-16H2,1-3H3/t20?,22-/m1/s1. The summed E-state index contributed by atoms with van der Waals surface area (Å²) in [6.45, 7) is 5.60. The molecule has 0 aliphatic rings. The quantitative estimate of drug-likeness (QED) is 0.226. The summed E-state index contributed by atoms with van der Waals surface area (Å²) in [5.74, 6) is 0.553. The number of pyridine rings is 1. The molecule has 0 fully saturated rings. The zero-order valence-corrected chi connectivity index (χ0v) is 22.2. The Balaban J connectivity index is 1.46. The van der Waals surface area contributed by atoms with Crippen LogP contribution in [0, 0.1) is 5.92 Å². The molecule has 0 saturated carbocycles. The van der Waals surface area contributed by atoms with E-state index in [1.807, 2.05) is 67.0 Å². The van der Waals surface area contributed by atoms with Gasteiger partial charge in [0.1, 0.15) is 11.4 Å². The van der Waals surface area contributed by atoms with Gasteiger partial charge in [0.25, 0.3) is 0 Å². The SMILES string of the molecule is CC(C)Oc1ccc(C(=O)C[C@H](CCO)Cc2ccc(-c3cn4cccc(C(C)O)c4n3)cc2)cc1Cl. The predicted molar refractivity (Wildman–Crippen MR) is 146 cm³/mol. The van der Waals surface area contributed by atoms with Gasteiger partial charge in [-0.1, -0.05) is 41.9 Å². The molecule has 2 N–H and O–H groups in total. The van der Waals surface area contributed by atoms with Crippen LogP contribution in [0.25, 0.3) is 16.9 Å². The Morgan fingerprint density at radius 1 is 1.11 bits per heavy atom. The number of rotatable bonds is 11. The molecule has 4 aromatic rings. The number of halogens is 1. The maximum Gasteiger partial charge on any atom is 0.163 e. The average Bonchev–Trinajstić information content (AvgIpc) is 3.30. The first kappa shape index (κ1) is 26.9. The molecular formula is C30H33ClN2O4. The molecule has 0 amide bonds. The van der Waals surface area contributed by atoms with Crippen LogP contribution in [0.4, 0.5) is 0 Å². The maximum absolute atomic E-state index is 13.0. The highest BCUT2D eigenvalue weighted by Crippen LogP contribution is 2.29. The van der Waals surface area contributed by atoms with E-state index in [0.29, 0.717) is 35.6 Å². The number of imidazole rings is 1. The van der Waals surface area contributed by atoms with E-state index in [0.717, 1.165) is 28.0 Å². The van der Waals surface area contributed by atoms with E-state index in [1.165, 1.54) is 0 Å². The Kier molecular flexibility index (Phi) is 8.64. The van der Waals surface area contributed by atoms with Crippen molar-refractivity contribution in [2.24, 2.45) is 5.92 Å². The molecule has 194 valence electrons. The zero-order chi connectivity index (χ0) is 26.5. The molecule has 0 saturated heterocycles. The number of hydrogen-bond acceptors (Lipinski definition) is 5. The highest BCUT2D eigenvalue weighted by atomic mass is 35.5. The van der Waals surface area contributed by atoms with Crippen molar-refractivity contribution in [3.05, 3.63) is 88.7 Å². The molecule has 0 aliphatic heterocycles. The molecular weight excluding hydrogens is 488 g/mol. The van der Waals surface area contributed by atoms with Gasteiger partial charge in [0.2, 0.25) is 0 Å². The lowest BCUT2D eigenvalue weighted by atomic mass is 9.89. The lowest BCUT2D eigenvalue weighted by Gasteiger charge is -2.16. The highest BCUT2D eigenvalue weighted by Gasteiger charge is 2.18. The molecule has 0 spiro atoms. The third kappa shape index (κ3) is 6.58. The number of benzene rings is 2. The summed E-state index contributed by atoms with van der Waals surface area (Å²) < 4.78 is 7.58. The first-order chi connectivity index (χ1) is 17.7. The molecule has 2 heterocycles. The number of Topliss-reactive ketones (excluding diaryl/α,β-unsaturated/α-hetero) is 1. The van der Waals surface area contributed by atoms with Gasteiger partial charge < -0.3 is 19.4 Å². The Bertz CT molecular complexity index is 1360. The van der Waals surface area contributed by atoms with E-state index >= 15 is 0 Å². The summed E-state index contributed by atoms with van der Waals surface area (Å²) in [4.78, 5) is 17.7. The second-order valence-electron chi connectivity index (χ2n) is 9.71. The van der Waals surface area contributed by atoms with Gasteiger partial charge in [0, 0.05) is 42.1 Å². The fourth-order valence-corrected chi connectivity index (χ4v) is 4.73. The van der Waals surface area contributed by atoms with Crippen molar-refractivity contribution in [2.45, 2.75) is 52.2 Å². The highest BCUT2D eigenvalue weighted by molar-refractivity contribution is 6.32. The third-order valence-electron chi connectivity index (χ3n) is 6.37. The van der Waals surface area contributed by atoms with Crippen molar-refractivity contribution in [3.63, 3.8) is 0 Å². The van der Waals surface area contributed by atoms with Gasteiger partial charge in [0.15, 0.2) is 5.78 Å². The van der Waals surface area contributed by atoms with Crippen LogP contribution < -0.4 is 4.74 Å². The number of aromatic nitrogens is 2. The summed E-state index contributed by atoms with van der Waals surface area (Å²) in [6.07, 6.45) is 4.78. The van der Waals surface area contributed by atoms with Crippen LogP contribution in [0.1, 0.15) is 61.2 Å². The van der Waals surface area contributed by atoms with Gasteiger partial charge in [-0.25, -0.2) is 4.98 Å². The summed E-state index contributed by atoms with van der Waals surface area (Å²) in [7, 11) is 0. The topological polar surface area (TPSA) is 84.1 Å². The van der Waals surface area contributed by atoms with E-state index in [4.69, 9.17) is 21.3 Å². The average molecular weight is 521 g/mol. The summed E-state index contributed by atoms with van der Waals surface area (Å²) >= 11 is 6.32. The summed E-state index contributed by atoms with van der Waals surface area (Å²) in [5.41, 5.74) is 4.94. The summed E-state index contributed by atoms with van der Waals surface area (Å²) in [5, 5.41) is 20.1. The Hall–Kier alpha value is -3.19. The minimum Gasteiger partial charge on any atom is -0.489 e. The number of aliphatic hydroxyl groups excluding tert-OH is 2. The molecule has 0 aliphatic carbocycles. The van der Waals surface area contributed by atoms with Crippen molar-refractivity contribution in [2.75, 3.05) is 6.61 Å². The Morgan fingerprint density at radius 2 is 1.86 bits per heavy atom. The van der Waals surface area contributed by atoms with Crippen LogP contribution in [0.5, 0.6) is 5.75 Å². The minimum atomic E-state index is -0.602. The normalized spacial score (nSPS) is 13.2. The number of ether oxygens (including phenoxy) is 1. The van der Waals surface area contributed by atoms with Crippen molar-refractivity contribution < 1.29 is 19.7 Å². The molecule has 0 radical (unpaired) electrons. The van der Waals surface area contributed by atoms with E-state index in [9.17, 15) is 15.0 Å². The van der Waals surface area contributed by atoms with Crippen molar-refractivity contribution in [1.29, 1.82) is 0 Å². The van der Waals surface area contributed by atoms with Crippen LogP contribution in [-0.2, 0) is 6.42 Å². The number of ketones is 1. The van der Waals surface area contributed by atoms with Crippen LogP contribution in [0.3, 0.4) is 0 Å². The fraction of sp³-hybridized carbons (Fsp3) is 0.333. The third-order valence-corrected chi connectivity index (χ3v) is 6.66. The van der Waals surface area contributed by atoms with Crippen molar-refractivity contribution in [3.8, 4) is 17.0 Å². The summed E-state index contributed by atoms with van der Waals surface area (Å²) in [6, 6.07) is 17.0. The van der Waals surface area contributed by atoms with Gasteiger partial charge in [-0.2, -0.15) is 0 Å².